The predicted octanol–water partition coefficient (Wildman–Crippen LogP) is 6.10. The number of hydrogen-bond donors (Lipinski definition) is 0. The van der Waals surface area contributed by atoms with Crippen molar-refractivity contribution in [2.75, 3.05) is 0 Å². The summed E-state index contributed by atoms with van der Waals surface area (Å²) < 4.78 is 0. The molecule has 0 bridgehead atoms. The van der Waals surface area contributed by atoms with Gasteiger partial charge in [-0.3, -0.25) is 0 Å². The minimum absolute atomic E-state index is 1.00. The fourth-order valence-electron chi connectivity index (χ4n) is 3.69. The molecule has 3 aromatic carbocycles. The summed E-state index contributed by atoms with van der Waals surface area (Å²) in [5.74, 6) is 0. The normalized spacial score (nSPS) is 12.9. The van der Waals surface area contributed by atoms with Gasteiger partial charge in [-0.25, -0.2) is 0 Å². The van der Waals surface area contributed by atoms with Crippen LogP contribution in [0, 0.1) is 20.8 Å². The van der Waals surface area contributed by atoms with Crippen LogP contribution in [-0.2, 0) is 6.42 Å². The van der Waals surface area contributed by atoms with E-state index in [1.165, 1.54) is 50.1 Å². The Morgan fingerprint density at radius 3 is 2.21 bits per heavy atom. The quantitative estimate of drug-likeness (QED) is 0.398. The summed E-state index contributed by atoms with van der Waals surface area (Å²) in [5, 5.41) is 0. The standard InChI is InChI=1S/C24H22/c1-16-8-12-19(13-9-16)23-15-21-7-5-4-6-20(21)14-22-17(2)10-11-18(3)24(22)23/h4-13,15H,14H2,1-3H3. The van der Waals surface area contributed by atoms with E-state index in [1.807, 2.05) is 0 Å². The SMILES string of the molecule is Cc1ccc(C2=Cc3ccccc3Cc3c(C)ccc(C)c32)cc1. The fourth-order valence-corrected chi connectivity index (χ4v) is 3.69. The van der Waals surface area contributed by atoms with Gasteiger partial charge in [-0.05, 0) is 77.8 Å². The second-order valence-corrected chi connectivity index (χ2v) is 6.85. The Morgan fingerprint density at radius 1 is 0.708 bits per heavy atom. The average molecular weight is 310 g/mol. The zero-order chi connectivity index (χ0) is 16.7. The Labute approximate surface area is 144 Å². The molecule has 0 heteroatoms. The largest absolute Gasteiger partial charge is 0.0619 e. The Kier molecular flexibility index (Phi) is 3.61. The van der Waals surface area contributed by atoms with E-state index in [1.54, 1.807) is 0 Å². The number of aryl methyl sites for hydroxylation is 3. The first-order valence-corrected chi connectivity index (χ1v) is 8.59. The first-order valence-electron chi connectivity index (χ1n) is 8.59. The van der Waals surface area contributed by atoms with Crippen molar-refractivity contribution < 1.29 is 0 Å². The van der Waals surface area contributed by atoms with Crippen LogP contribution in [0.5, 0.6) is 0 Å². The van der Waals surface area contributed by atoms with Gasteiger partial charge in [0, 0.05) is 0 Å². The van der Waals surface area contributed by atoms with Crippen molar-refractivity contribution in [3.8, 4) is 0 Å². The van der Waals surface area contributed by atoms with Crippen molar-refractivity contribution in [3.05, 3.63) is 105 Å². The van der Waals surface area contributed by atoms with Gasteiger partial charge in [-0.15, -0.1) is 0 Å². The lowest BCUT2D eigenvalue weighted by atomic mass is 9.87. The number of fused-ring (bicyclic) bond motifs is 2. The highest BCUT2D eigenvalue weighted by Crippen LogP contribution is 2.37. The van der Waals surface area contributed by atoms with E-state index in [0.717, 1.165) is 6.42 Å². The van der Waals surface area contributed by atoms with E-state index in [9.17, 15) is 0 Å². The minimum Gasteiger partial charge on any atom is -0.0619 e. The molecule has 0 fully saturated rings. The van der Waals surface area contributed by atoms with E-state index in [2.05, 4.69) is 87.5 Å². The van der Waals surface area contributed by atoms with E-state index in [4.69, 9.17) is 0 Å². The van der Waals surface area contributed by atoms with Crippen LogP contribution in [0.25, 0.3) is 11.6 Å². The van der Waals surface area contributed by atoms with Crippen molar-refractivity contribution in [2.45, 2.75) is 27.2 Å². The lowest BCUT2D eigenvalue weighted by Crippen LogP contribution is -2.00. The molecule has 0 heterocycles. The highest BCUT2D eigenvalue weighted by Gasteiger charge is 2.19. The molecule has 0 saturated heterocycles. The van der Waals surface area contributed by atoms with Gasteiger partial charge in [0.25, 0.3) is 0 Å². The van der Waals surface area contributed by atoms with Crippen molar-refractivity contribution in [1.82, 2.24) is 0 Å². The molecule has 118 valence electrons. The third-order valence-electron chi connectivity index (χ3n) is 5.11. The van der Waals surface area contributed by atoms with Crippen LogP contribution in [0.2, 0.25) is 0 Å². The number of hydrogen-bond acceptors (Lipinski definition) is 0. The highest BCUT2D eigenvalue weighted by molar-refractivity contribution is 5.95. The Bertz CT molecular complexity index is 940. The Balaban J connectivity index is 2.05. The summed E-state index contributed by atoms with van der Waals surface area (Å²) >= 11 is 0. The van der Waals surface area contributed by atoms with Crippen molar-refractivity contribution in [1.29, 1.82) is 0 Å². The van der Waals surface area contributed by atoms with Crippen LogP contribution in [0.3, 0.4) is 0 Å². The molecule has 24 heavy (non-hydrogen) atoms. The molecule has 0 saturated carbocycles. The Morgan fingerprint density at radius 2 is 1.42 bits per heavy atom. The smallest absolute Gasteiger partial charge is 0.00109 e. The third-order valence-corrected chi connectivity index (χ3v) is 5.11. The van der Waals surface area contributed by atoms with Crippen LogP contribution >= 0.6 is 0 Å². The second kappa shape index (κ2) is 5.79. The van der Waals surface area contributed by atoms with Gasteiger partial charge in [0.1, 0.15) is 0 Å². The van der Waals surface area contributed by atoms with Gasteiger partial charge in [0.15, 0.2) is 0 Å². The molecule has 0 aliphatic heterocycles. The summed E-state index contributed by atoms with van der Waals surface area (Å²) in [6, 6.07) is 22.2. The van der Waals surface area contributed by atoms with Crippen molar-refractivity contribution in [3.63, 3.8) is 0 Å². The monoisotopic (exact) mass is 310 g/mol. The molecular formula is C24H22. The predicted molar refractivity (Wildman–Crippen MR) is 103 cm³/mol. The van der Waals surface area contributed by atoms with Crippen LogP contribution in [0.15, 0.2) is 60.7 Å². The van der Waals surface area contributed by atoms with Crippen LogP contribution in [0.4, 0.5) is 0 Å². The molecule has 1 aliphatic carbocycles. The second-order valence-electron chi connectivity index (χ2n) is 6.85. The molecule has 3 aromatic rings. The highest BCUT2D eigenvalue weighted by atomic mass is 14.2. The Hall–Kier alpha value is -2.60. The molecule has 0 nitrogen and oxygen atoms in total. The summed E-state index contributed by atoms with van der Waals surface area (Å²) in [6.07, 6.45) is 3.38. The van der Waals surface area contributed by atoms with Gasteiger partial charge in [0.2, 0.25) is 0 Å². The topological polar surface area (TPSA) is 0 Å². The molecule has 0 atom stereocenters. The van der Waals surface area contributed by atoms with Crippen molar-refractivity contribution >= 4 is 11.6 Å². The number of benzene rings is 3. The average Bonchev–Trinajstić information content (AvgIpc) is 2.77. The molecule has 0 N–H and O–H groups in total. The fraction of sp³-hybridized carbons (Fsp3) is 0.167. The van der Waals surface area contributed by atoms with E-state index < -0.39 is 0 Å². The lowest BCUT2D eigenvalue weighted by molar-refractivity contribution is 1.13. The zero-order valence-corrected chi connectivity index (χ0v) is 14.6. The molecule has 0 unspecified atom stereocenters. The van der Waals surface area contributed by atoms with E-state index in [0.29, 0.717) is 0 Å². The van der Waals surface area contributed by atoms with Crippen LogP contribution in [0.1, 0.15) is 44.5 Å². The van der Waals surface area contributed by atoms with Gasteiger partial charge in [-0.2, -0.15) is 0 Å². The van der Waals surface area contributed by atoms with Crippen molar-refractivity contribution in [2.24, 2.45) is 0 Å². The van der Waals surface area contributed by atoms with Gasteiger partial charge in [0.05, 0.1) is 0 Å². The summed E-state index contributed by atoms with van der Waals surface area (Å²) in [5.41, 5.74) is 12.3. The lowest BCUT2D eigenvalue weighted by Gasteiger charge is -2.17. The molecule has 0 aromatic heterocycles. The molecule has 4 rings (SSSR count). The van der Waals surface area contributed by atoms with E-state index >= 15 is 0 Å². The first-order chi connectivity index (χ1) is 11.6. The number of rotatable bonds is 1. The summed E-state index contributed by atoms with van der Waals surface area (Å²) in [6.45, 7) is 6.61. The molecule has 1 aliphatic rings. The van der Waals surface area contributed by atoms with Gasteiger partial charge < -0.3 is 0 Å². The maximum atomic E-state index is 2.37. The summed E-state index contributed by atoms with van der Waals surface area (Å²) in [4.78, 5) is 0. The van der Waals surface area contributed by atoms with Gasteiger partial charge >= 0.3 is 0 Å². The van der Waals surface area contributed by atoms with E-state index in [-0.39, 0.29) is 0 Å². The zero-order valence-electron chi connectivity index (χ0n) is 14.6. The first kappa shape index (κ1) is 15.0. The maximum absolute atomic E-state index is 2.37. The molecule has 0 radical (unpaired) electrons. The van der Waals surface area contributed by atoms with Crippen LogP contribution < -0.4 is 0 Å². The molecular weight excluding hydrogens is 288 g/mol. The molecule has 0 spiro atoms. The minimum atomic E-state index is 1.00. The maximum Gasteiger partial charge on any atom is -0.00109 e. The van der Waals surface area contributed by atoms with Crippen LogP contribution in [-0.4, -0.2) is 0 Å². The molecule has 0 amide bonds. The van der Waals surface area contributed by atoms with Gasteiger partial charge in [-0.1, -0.05) is 66.2 Å². The third kappa shape index (κ3) is 2.49. The summed E-state index contributed by atoms with van der Waals surface area (Å²) in [7, 11) is 0.